The zero-order valence-electron chi connectivity index (χ0n) is 28.9. The minimum absolute atomic E-state index is 0.0449. The Kier molecular flexibility index (Phi) is 10.7. The number of hydrogen-bond donors (Lipinski definition) is 1. The topological polar surface area (TPSA) is 91.3 Å². The predicted octanol–water partition coefficient (Wildman–Crippen LogP) is 10.00. The van der Waals surface area contributed by atoms with Gasteiger partial charge in [-0.1, -0.05) is 56.1 Å². The Morgan fingerprint density at radius 3 is 1.76 bits per heavy atom. The Balaban J connectivity index is 1.79. The molecule has 0 spiro atoms. The Bertz CT molecular complexity index is 1840. The molecule has 4 aromatic rings. The number of carbonyl (C=O) groups is 2. The first-order valence-electron chi connectivity index (χ1n) is 16.4. The van der Waals surface area contributed by atoms with Gasteiger partial charge < -0.3 is 24.1 Å². The lowest BCUT2D eigenvalue weighted by Gasteiger charge is -2.35. The van der Waals surface area contributed by atoms with Crippen molar-refractivity contribution < 1.29 is 33.6 Å². The number of fused-ring (bicyclic) bond motifs is 3. The van der Waals surface area contributed by atoms with Crippen LogP contribution < -0.4 is 4.74 Å². The molecule has 0 atom stereocenters. The number of carbonyl (C=O) groups excluding carboxylic acids is 2. The van der Waals surface area contributed by atoms with Crippen LogP contribution in [0.25, 0.3) is 11.1 Å². The molecule has 0 amide bonds. The monoisotopic (exact) mass is 792 g/mol. The third kappa shape index (κ3) is 7.44. The molecule has 0 bridgehead atoms. The van der Waals surface area contributed by atoms with E-state index in [2.05, 4.69) is 56.1 Å². The summed E-state index contributed by atoms with van der Waals surface area (Å²) in [4.78, 5) is 26.8. The van der Waals surface area contributed by atoms with Crippen LogP contribution in [-0.4, -0.2) is 48.1 Å². The van der Waals surface area contributed by atoms with Crippen molar-refractivity contribution in [2.45, 2.75) is 71.5 Å². The fraction of sp³-hybridized carbons (Fsp3) is 0.350. The van der Waals surface area contributed by atoms with E-state index in [0.717, 1.165) is 36.8 Å². The summed E-state index contributed by atoms with van der Waals surface area (Å²) in [6, 6.07) is 22.8. The van der Waals surface area contributed by atoms with E-state index < -0.39 is 23.0 Å². The number of phenols is 1. The van der Waals surface area contributed by atoms with Gasteiger partial charge in [-0.15, -0.1) is 0 Å². The molecule has 9 heteroatoms. The van der Waals surface area contributed by atoms with Crippen LogP contribution in [0.1, 0.15) is 97.9 Å². The molecular formula is C40H42Br2O7. The van der Waals surface area contributed by atoms with E-state index in [4.69, 9.17) is 18.9 Å². The van der Waals surface area contributed by atoms with E-state index in [-0.39, 0.29) is 35.7 Å². The second kappa shape index (κ2) is 14.3. The van der Waals surface area contributed by atoms with Crippen molar-refractivity contribution in [3.8, 4) is 22.6 Å². The Morgan fingerprint density at radius 2 is 1.22 bits per heavy atom. The van der Waals surface area contributed by atoms with Gasteiger partial charge in [-0.2, -0.15) is 0 Å². The van der Waals surface area contributed by atoms with Crippen LogP contribution in [0.4, 0.5) is 0 Å². The van der Waals surface area contributed by atoms with E-state index >= 15 is 0 Å². The normalized spacial score (nSPS) is 13.4. The predicted molar refractivity (Wildman–Crippen MR) is 198 cm³/mol. The molecule has 1 N–H and O–H groups in total. The molecular weight excluding hydrogens is 752 g/mol. The second-order valence-corrected chi connectivity index (χ2v) is 15.4. The summed E-state index contributed by atoms with van der Waals surface area (Å²) in [6.45, 7) is 14.3. The summed E-state index contributed by atoms with van der Waals surface area (Å²) in [6.07, 6.45) is 0.588. The molecule has 0 heterocycles. The summed E-state index contributed by atoms with van der Waals surface area (Å²) in [5.41, 5.74) is 3.61. The summed E-state index contributed by atoms with van der Waals surface area (Å²) in [5, 5.41) is 10.8. The minimum Gasteiger partial charge on any atom is -0.507 e. The van der Waals surface area contributed by atoms with Crippen LogP contribution in [0.5, 0.6) is 11.5 Å². The molecule has 1 aliphatic rings. The highest BCUT2D eigenvalue weighted by atomic mass is 79.9. The Labute approximate surface area is 305 Å². The van der Waals surface area contributed by atoms with Gasteiger partial charge in [-0.05, 0) is 130 Å². The molecule has 0 aromatic heterocycles. The van der Waals surface area contributed by atoms with Crippen molar-refractivity contribution in [3.05, 3.63) is 115 Å². The van der Waals surface area contributed by atoms with Crippen molar-refractivity contribution in [2.24, 2.45) is 0 Å². The van der Waals surface area contributed by atoms with Gasteiger partial charge in [0.05, 0.1) is 30.8 Å². The minimum atomic E-state index is -1.04. The highest BCUT2D eigenvalue weighted by Crippen LogP contribution is 2.58. The molecule has 0 fully saturated rings. The number of ether oxygens (including phenoxy) is 4. The smallest absolute Gasteiger partial charge is 0.341 e. The van der Waals surface area contributed by atoms with E-state index in [1.165, 1.54) is 6.07 Å². The number of hydrogen-bond acceptors (Lipinski definition) is 7. The van der Waals surface area contributed by atoms with Crippen molar-refractivity contribution >= 4 is 43.8 Å². The fourth-order valence-electron chi connectivity index (χ4n) is 6.37. The van der Waals surface area contributed by atoms with Gasteiger partial charge >= 0.3 is 11.9 Å². The fourth-order valence-corrected chi connectivity index (χ4v) is 7.09. The van der Waals surface area contributed by atoms with Crippen LogP contribution in [0.3, 0.4) is 0 Å². The van der Waals surface area contributed by atoms with Crippen molar-refractivity contribution in [2.75, 3.05) is 19.8 Å². The van der Waals surface area contributed by atoms with Gasteiger partial charge in [-0.25, -0.2) is 9.59 Å². The maximum absolute atomic E-state index is 13.7. The second-order valence-electron chi connectivity index (χ2n) is 13.6. The van der Waals surface area contributed by atoms with Gasteiger partial charge in [0, 0.05) is 15.4 Å². The number of aromatic hydroxyl groups is 1. The lowest BCUT2D eigenvalue weighted by molar-refractivity contribution is -0.0294. The summed E-state index contributed by atoms with van der Waals surface area (Å²) < 4.78 is 25.2. The largest absolute Gasteiger partial charge is 0.507 e. The molecule has 0 radical (unpaired) electrons. The molecule has 0 aliphatic heterocycles. The molecule has 49 heavy (non-hydrogen) atoms. The number of benzene rings is 4. The van der Waals surface area contributed by atoms with Crippen LogP contribution in [0.15, 0.2) is 81.7 Å². The Morgan fingerprint density at radius 1 is 0.714 bits per heavy atom. The molecule has 0 unspecified atom stereocenters. The molecule has 7 nitrogen and oxygen atoms in total. The average molecular weight is 795 g/mol. The van der Waals surface area contributed by atoms with E-state index in [0.29, 0.717) is 24.3 Å². The van der Waals surface area contributed by atoms with E-state index in [1.807, 2.05) is 71.0 Å². The number of phenolic OH excluding ortho intramolecular Hbond substituents is 1. The number of rotatable bonds is 11. The summed E-state index contributed by atoms with van der Waals surface area (Å²) >= 11 is 7.40. The van der Waals surface area contributed by atoms with Gasteiger partial charge in [0.15, 0.2) is 0 Å². The van der Waals surface area contributed by atoms with Gasteiger partial charge in [0.2, 0.25) is 0 Å². The Hall–Kier alpha value is -3.66. The quantitative estimate of drug-likeness (QED) is 0.133. The lowest BCUT2D eigenvalue weighted by Crippen LogP contribution is -2.33. The van der Waals surface area contributed by atoms with E-state index in [1.54, 1.807) is 19.9 Å². The molecule has 0 saturated carbocycles. The molecule has 0 saturated heterocycles. The molecule has 4 aromatic carbocycles. The van der Waals surface area contributed by atoms with Crippen LogP contribution in [0, 0.1) is 0 Å². The maximum Gasteiger partial charge on any atom is 0.341 e. The third-order valence-electron chi connectivity index (χ3n) is 8.52. The summed E-state index contributed by atoms with van der Waals surface area (Å²) in [7, 11) is 0. The highest BCUT2D eigenvalue weighted by Gasteiger charge is 2.47. The molecule has 258 valence electrons. The SMILES string of the molecule is CCOC(=O)c1cc(C2(c3ccc(OC(C)(C)CCOC(C)(C)C)c(C(=O)OCC)c3)c3cc(Br)ccc3-c3ccc(Br)cc32)ccc1O. The van der Waals surface area contributed by atoms with Crippen molar-refractivity contribution in [3.63, 3.8) is 0 Å². The molecule has 5 rings (SSSR count). The zero-order chi connectivity index (χ0) is 35.7. The van der Waals surface area contributed by atoms with Crippen LogP contribution in [-0.2, 0) is 19.6 Å². The number of halogens is 2. The average Bonchev–Trinajstić information content (AvgIpc) is 3.30. The zero-order valence-corrected chi connectivity index (χ0v) is 32.1. The first-order chi connectivity index (χ1) is 23.1. The van der Waals surface area contributed by atoms with Crippen LogP contribution in [0.2, 0.25) is 0 Å². The molecule has 1 aliphatic carbocycles. The van der Waals surface area contributed by atoms with E-state index in [9.17, 15) is 14.7 Å². The summed E-state index contributed by atoms with van der Waals surface area (Å²) in [5.74, 6) is -0.950. The van der Waals surface area contributed by atoms with Gasteiger partial charge in [0.25, 0.3) is 0 Å². The highest BCUT2D eigenvalue weighted by molar-refractivity contribution is 9.10. The van der Waals surface area contributed by atoms with Gasteiger partial charge in [-0.3, -0.25) is 0 Å². The third-order valence-corrected chi connectivity index (χ3v) is 9.51. The lowest BCUT2D eigenvalue weighted by atomic mass is 9.67. The first-order valence-corrected chi connectivity index (χ1v) is 18.0. The van der Waals surface area contributed by atoms with Crippen molar-refractivity contribution in [1.82, 2.24) is 0 Å². The number of esters is 2. The standard InChI is InChI=1S/C40H42Br2O7/c1-8-46-36(44)30-20-24(10-16-34(30)43)40(32-22-26(41)12-14-28(32)29-15-13-27(42)23-33(29)40)25-11-17-35(31(21-25)37(45)47-9-2)49-39(6,7)18-19-48-38(3,4)5/h10-17,20-23,43H,8-9,18-19H2,1-7H3. The van der Waals surface area contributed by atoms with Gasteiger partial charge in [0.1, 0.15) is 28.2 Å². The maximum atomic E-state index is 13.7. The first kappa shape index (κ1) is 36.6. The van der Waals surface area contributed by atoms with Crippen molar-refractivity contribution in [1.29, 1.82) is 0 Å². The van der Waals surface area contributed by atoms with Crippen LogP contribution >= 0.6 is 31.9 Å².